The molecule has 0 aliphatic carbocycles. The molecule has 0 spiro atoms. The topological polar surface area (TPSA) is 44.1 Å². The van der Waals surface area contributed by atoms with Gasteiger partial charge in [-0.05, 0) is 35.4 Å². The summed E-state index contributed by atoms with van der Waals surface area (Å²) in [5.41, 5.74) is 4.20. The van der Waals surface area contributed by atoms with Crippen LogP contribution in [0.3, 0.4) is 0 Å². The highest BCUT2D eigenvalue weighted by molar-refractivity contribution is 5.85. The Morgan fingerprint density at radius 1 is 1.07 bits per heavy atom. The lowest BCUT2D eigenvalue weighted by molar-refractivity contribution is -0.148. The summed E-state index contributed by atoms with van der Waals surface area (Å²) in [7, 11) is 0. The maximum atomic E-state index is 12.9. The van der Waals surface area contributed by atoms with Crippen LogP contribution in [0.4, 0.5) is 0 Å². The Hall–Kier alpha value is -2.62. The molecule has 4 nitrogen and oxygen atoms in total. The van der Waals surface area contributed by atoms with Crippen LogP contribution in [-0.2, 0) is 14.9 Å². The standard InChI is InChI=1S/C25H32N2O2/c1-7-21(24(28)29-16-17(2)3)27-22-11-9-8-10-20(22)26-23(27)18-12-14-19(15-13-18)25(4,5)6/h8-15,17,21H,7,16H2,1-6H3. The third kappa shape index (κ3) is 4.52. The Morgan fingerprint density at radius 2 is 1.72 bits per heavy atom. The van der Waals surface area contributed by atoms with Gasteiger partial charge in [-0.3, -0.25) is 0 Å². The van der Waals surface area contributed by atoms with Crippen LogP contribution < -0.4 is 0 Å². The minimum absolute atomic E-state index is 0.0886. The number of rotatable bonds is 6. The van der Waals surface area contributed by atoms with Crippen LogP contribution in [0.1, 0.15) is 59.6 Å². The molecule has 0 bridgehead atoms. The van der Waals surface area contributed by atoms with Crippen LogP contribution in [0.5, 0.6) is 0 Å². The maximum absolute atomic E-state index is 12.9. The number of imidazole rings is 1. The van der Waals surface area contributed by atoms with Gasteiger partial charge in [0.2, 0.25) is 0 Å². The van der Waals surface area contributed by atoms with Crippen molar-refractivity contribution >= 4 is 17.0 Å². The van der Waals surface area contributed by atoms with Gasteiger partial charge in [0.15, 0.2) is 0 Å². The summed E-state index contributed by atoms with van der Waals surface area (Å²) in [6, 6.07) is 16.1. The summed E-state index contributed by atoms with van der Waals surface area (Å²) in [6.45, 7) is 13.1. The van der Waals surface area contributed by atoms with Gasteiger partial charge in [-0.2, -0.15) is 0 Å². The molecule has 0 amide bonds. The first-order valence-electron chi connectivity index (χ1n) is 10.5. The lowest BCUT2D eigenvalue weighted by Gasteiger charge is -2.21. The van der Waals surface area contributed by atoms with Crippen molar-refractivity contribution in [1.29, 1.82) is 0 Å². The number of esters is 1. The predicted molar refractivity (Wildman–Crippen MR) is 119 cm³/mol. The van der Waals surface area contributed by atoms with E-state index >= 15 is 0 Å². The highest BCUT2D eigenvalue weighted by atomic mass is 16.5. The van der Waals surface area contributed by atoms with Gasteiger partial charge in [0.1, 0.15) is 11.9 Å². The Kier molecular flexibility index (Phi) is 6.11. The molecule has 1 atom stereocenters. The van der Waals surface area contributed by atoms with Gasteiger partial charge in [0.05, 0.1) is 17.6 Å². The Balaban J connectivity index is 2.09. The van der Waals surface area contributed by atoms with Gasteiger partial charge in [0.25, 0.3) is 0 Å². The number of ether oxygens (including phenoxy) is 1. The first kappa shape index (κ1) is 21.1. The number of nitrogens with zero attached hydrogens (tertiary/aromatic N) is 2. The molecular weight excluding hydrogens is 360 g/mol. The summed E-state index contributed by atoms with van der Waals surface area (Å²) in [5.74, 6) is 0.914. The number of benzene rings is 2. The number of hydrogen-bond acceptors (Lipinski definition) is 3. The van der Waals surface area contributed by atoms with Crippen molar-refractivity contribution in [2.24, 2.45) is 5.92 Å². The molecule has 3 rings (SSSR count). The summed E-state index contributed by atoms with van der Waals surface area (Å²) >= 11 is 0. The first-order valence-corrected chi connectivity index (χ1v) is 10.5. The third-order valence-electron chi connectivity index (χ3n) is 5.13. The van der Waals surface area contributed by atoms with E-state index in [0.29, 0.717) is 18.9 Å². The van der Waals surface area contributed by atoms with Gasteiger partial charge in [-0.1, -0.05) is 77.9 Å². The van der Waals surface area contributed by atoms with Crippen molar-refractivity contribution in [2.45, 2.75) is 59.4 Å². The van der Waals surface area contributed by atoms with E-state index < -0.39 is 6.04 Å². The smallest absolute Gasteiger partial charge is 0.329 e. The Labute approximate surface area is 173 Å². The van der Waals surface area contributed by atoms with E-state index in [-0.39, 0.29) is 11.4 Å². The first-order chi connectivity index (χ1) is 13.7. The van der Waals surface area contributed by atoms with Crippen molar-refractivity contribution in [2.75, 3.05) is 6.61 Å². The number of fused-ring (bicyclic) bond motifs is 1. The molecule has 1 aromatic heterocycles. The monoisotopic (exact) mass is 392 g/mol. The van der Waals surface area contributed by atoms with Gasteiger partial charge in [0, 0.05) is 5.56 Å². The largest absolute Gasteiger partial charge is 0.464 e. The van der Waals surface area contributed by atoms with Crippen LogP contribution in [0, 0.1) is 5.92 Å². The molecule has 29 heavy (non-hydrogen) atoms. The van der Waals surface area contributed by atoms with Crippen LogP contribution in [0.2, 0.25) is 0 Å². The van der Waals surface area contributed by atoms with E-state index in [1.54, 1.807) is 0 Å². The van der Waals surface area contributed by atoms with Crippen LogP contribution >= 0.6 is 0 Å². The van der Waals surface area contributed by atoms with E-state index in [1.165, 1.54) is 5.56 Å². The number of hydrogen-bond donors (Lipinski definition) is 0. The van der Waals surface area contributed by atoms with E-state index in [9.17, 15) is 4.79 Å². The van der Waals surface area contributed by atoms with Gasteiger partial charge < -0.3 is 9.30 Å². The average molecular weight is 393 g/mol. The molecule has 4 heteroatoms. The van der Waals surface area contributed by atoms with Crippen LogP contribution in [0.25, 0.3) is 22.4 Å². The predicted octanol–water partition coefficient (Wildman–Crippen LogP) is 6.15. The van der Waals surface area contributed by atoms with Crippen molar-refractivity contribution < 1.29 is 9.53 Å². The molecular formula is C25H32N2O2. The lowest BCUT2D eigenvalue weighted by atomic mass is 9.86. The zero-order valence-electron chi connectivity index (χ0n) is 18.4. The fourth-order valence-electron chi connectivity index (χ4n) is 3.48. The van der Waals surface area contributed by atoms with Gasteiger partial charge in [-0.25, -0.2) is 9.78 Å². The molecule has 0 N–H and O–H groups in total. The van der Waals surface area contributed by atoms with Crippen LogP contribution in [0.15, 0.2) is 48.5 Å². The van der Waals surface area contributed by atoms with Crippen LogP contribution in [-0.4, -0.2) is 22.1 Å². The minimum Gasteiger partial charge on any atom is -0.464 e. The molecule has 1 heterocycles. The molecule has 0 aliphatic heterocycles. The van der Waals surface area contributed by atoms with Gasteiger partial charge >= 0.3 is 5.97 Å². The molecule has 0 saturated heterocycles. The average Bonchev–Trinajstić information content (AvgIpc) is 3.06. The molecule has 0 radical (unpaired) electrons. The van der Waals surface area contributed by atoms with Crippen molar-refractivity contribution in [3.63, 3.8) is 0 Å². The SMILES string of the molecule is CCC(C(=O)OCC(C)C)n1c(-c2ccc(C(C)(C)C)cc2)nc2ccccc21. The Morgan fingerprint density at radius 3 is 2.31 bits per heavy atom. The van der Waals surface area contributed by atoms with E-state index in [2.05, 4.69) is 45.0 Å². The molecule has 0 fully saturated rings. The highest BCUT2D eigenvalue weighted by Gasteiger charge is 2.26. The maximum Gasteiger partial charge on any atom is 0.329 e. The number of carbonyl (C=O) groups is 1. The van der Waals surface area contributed by atoms with Gasteiger partial charge in [-0.15, -0.1) is 0 Å². The fourth-order valence-corrected chi connectivity index (χ4v) is 3.48. The minimum atomic E-state index is -0.404. The number of carbonyl (C=O) groups excluding carboxylic acids is 1. The fraction of sp³-hybridized carbons (Fsp3) is 0.440. The normalized spacial score (nSPS) is 13.1. The van der Waals surface area contributed by atoms with Crippen molar-refractivity contribution in [3.05, 3.63) is 54.1 Å². The highest BCUT2D eigenvalue weighted by Crippen LogP contribution is 2.32. The lowest BCUT2D eigenvalue weighted by Crippen LogP contribution is -2.23. The van der Waals surface area contributed by atoms with E-state index in [1.807, 2.05) is 49.6 Å². The summed E-state index contributed by atoms with van der Waals surface area (Å²) in [5, 5.41) is 0. The second-order valence-electron chi connectivity index (χ2n) is 9.07. The summed E-state index contributed by atoms with van der Waals surface area (Å²) in [6.07, 6.45) is 0.643. The molecule has 0 saturated carbocycles. The Bertz CT molecular complexity index is 978. The number of aromatic nitrogens is 2. The second kappa shape index (κ2) is 8.40. The summed E-state index contributed by atoms with van der Waals surface area (Å²) < 4.78 is 7.64. The zero-order valence-corrected chi connectivity index (χ0v) is 18.4. The number of para-hydroxylation sites is 2. The quantitative estimate of drug-likeness (QED) is 0.473. The van der Waals surface area contributed by atoms with E-state index in [0.717, 1.165) is 22.4 Å². The molecule has 3 aromatic rings. The summed E-state index contributed by atoms with van der Waals surface area (Å²) in [4.78, 5) is 17.8. The second-order valence-corrected chi connectivity index (χ2v) is 9.07. The van der Waals surface area contributed by atoms with Crippen molar-refractivity contribution in [1.82, 2.24) is 9.55 Å². The van der Waals surface area contributed by atoms with Crippen molar-refractivity contribution in [3.8, 4) is 11.4 Å². The third-order valence-corrected chi connectivity index (χ3v) is 5.13. The zero-order chi connectivity index (χ0) is 21.2. The van der Waals surface area contributed by atoms with E-state index in [4.69, 9.17) is 9.72 Å². The molecule has 2 aromatic carbocycles. The molecule has 154 valence electrons. The molecule has 0 aliphatic rings. The molecule has 1 unspecified atom stereocenters.